The number of hydrogen-bond donors (Lipinski definition) is 1. The Bertz CT molecular complexity index is 976. The molecule has 3 rings (SSSR count). The first-order chi connectivity index (χ1) is 12.8. The summed E-state index contributed by atoms with van der Waals surface area (Å²) in [5.74, 6) is -0.865. The van der Waals surface area contributed by atoms with E-state index < -0.39 is 23.3 Å². The van der Waals surface area contributed by atoms with E-state index in [0.717, 1.165) is 16.4 Å². The minimum absolute atomic E-state index is 0.409. The molecular formula is C20H16F3N3O. The summed E-state index contributed by atoms with van der Waals surface area (Å²) in [5.41, 5.74) is 0.315. The number of rotatable bonds is 4. The number of benzene rings is 2. The van der Waals surface area contributed by atoms with Crippen LogP contribution in [0, 0.1) is 0 Å². The number of carbonyl (C=O) groups excluding carboxylic acids is 1. The van der Waals surface area contributed by atoms with Gasteiger partial charge in [-0.2, -0.15) is 18.3 Å². The van der Waals surface area contributed by atoms with Crippen molar-refractivity contribution in [1.82, 2.24) is 9.78 Å². The fourth-order valence-corrected chi connectivity index (χ4v) is 2.56. The van der Waals surface area contributed by atoms with Crippen molar-refractivity contribution in [2.75, 3.05) is 5.32 Å². The number of aromatic nitrogens is 2. The molecule has 0 atom stereocenters. The van der Waals surface area contributed by atoms with Crippen molar-refractivity contribution in [3.05, 3.63) is 83.2 Å². The van der Waals surface area contributed by atoms with Gasteiger partial charge in [0.05, 0.1) is 5.56 Å². The van der Waals surface area contributed by atoms with Crippen LogP contribution in [-0.4, -0.2) is 15.7 Å². The van der Waals surface area contributed by atoms with Crippen LogP contribution in [0.25, 0.3) is 12.2 Å². The summed E-state index contributed by atoms with van der Waals surface area (Å²) in [4.78, 5) is 12.4. The summed E-state index contributed by atoms with van der Waals surface area (Å²) in [6.07, 6.45) is -0.00366. The molecule has 7 heteroatoms. The van der Waals surface area contributed by atoms with Crippen LogP contribution in [0.15, 0.2) is 60.8 Å². The third-order valence-electron chi connectivity index (χ3n) is 3.81. The monoisotopic (exact) mass is 371 g/mol. The summed E-state index contributed by atoms with van der Waals surface area (Å²) >= 11 is 0. The number of aryl methyl sites for hydroxylation is 1. The number of nitrogens with one attached hydrogen (secondary N) is 1. The van der Waals surface area contributed by atoms with Crippen molar-refractivity contribution in [2.24, 2.45) is 7.05 Å². The van der Waals surface area contributed by atoms with Gasteiger partial charge in [-0.15, -0.1) is 0 Å². The van der Waals surface area contributed by atoms with Gasteiger partial charge in [-0.3, -0.25) is 9.48 Å². The van der Waals surface area contributed by atoms with Gasteiger partial charge < -0.3 is 5.32 Å². The average molecular weight is 371 g/mol. The van der Waals surface area contributed by atoms with Crippen molar-refractivity contribution in [1.29, 1.82) is 0 Å². The lowest BCUT2D eigenvalue weighted by Crippen LogP contribution is -2.18. The molecule has 1 amide bonds. The molecule has 0 aliphatic carbocycles. The molecule has 0 saturated heterocycles. The number of halogens is 3. The van der Waals surface area contributed by atoms with E-state index in [0.29, 0.717) is 11.3 Å². The van der Waals surface area contributed by atoms with Crippen molar-refractivity contribution in [3.63, 3.8) is 0 Å². The molecule has 0 saturated carbocycles. The zero-order valence-electron chi connectivity index (χ0n) is 14.4. The standard InChI is InChI=1S/C20H16F3N3O/c1-26-13-16(18(25-26)20(21,22)23)19(27)24-17-10-6-5-9-15(17)12-11-14-7-3-2-4-8-14/h2-13H,1H3,(H,24,27). The summed E-state index contributed by atoms with van der Waals surface area (Å²) in [6.45, 7) is 0. The van der Waals surface area contributed by atoms with Gasteiger partial charge in [0.15, 0.2) is 5.69 Å². The predicted molar refractivity (Wildman–Crippen MR) is 98.0 cm³/mol. The van der Waals surface area contributed by atoms with Gasteiger partial charge in [-0.1, -0.05) is 60.7 Å². The first-order valence-corrected chi connectivity index (χ1v) is 8.09. The second-order valence-corrected chi connectivity index (χ2v) is 5.85. The Labute approximate surface area is 153 Å². The maximum atomic E-state index is 13.1. The second-order valence-electron chi connectivity index (χ2n) is 5.85. The highest BCUT2D eigenvalue weighted by Gasteiger charge is 2.39. The highest BCUT2D eigenvalue weighted by Crippen LogP contribution is 2.31. The van der Waals surface area contributed by atoms with Crippen LogP contribution in [0.1, 0.15) is 27.2 Å². The summed E-state index contributed by atoms with van der Waals surface area (Å²) in [7, 11) is 1.34. The number of carbonyl (C=O) groups is 1. The van der Waals surface area contributed by atoms with Gasteiger partial charge in [0.25, 0.3) is 5.91 Å². The summed E-state index contributed by atoms with van der Waals surface area (Å²) in [5, 5.41) is 5.91. The average Bonchev–Trinajstić information content (AvgIpc) is 3.04. The van der Waals surface area contributed by atoms with Crippen LogP contribution >= 0.6 is 0 Å². The van der Waals surface area contributed by atoms with E-state index in [1.807, 2.05) is 36.4 Å². The molecule has 1 heterocycles. The van der Waals surface area contributed by atoms with Gasteiger partial charge in [-0.25, -0.2) is 0 Å². The van der Waals surface area contributed by atoms with Crippen molar-refractivity contribution < 1.29 is 18.0 Å². The van der Waals surface area contributed by atoms with Gasteiger partial charge in [0.1, 0.15) is 0 Å². The minimum Gasteiger partial charge on any atom is -0.321 e. The molecule has 0 spiro atoms. The zero-order valence-corrected chi connectivity index (χ0v) is 14.4. The first-order valence-electron chi connectivity index (χ1n) is 8.09. The number of alkyl halides is 3. The predicted octanol–water partition coefficient (Wildman–Crippen LogP) is 4.86. The maximum Gasteiger partial charge on any atom is 0.435 e. The fraction of sp³-hybridized carbons (Fsp3) is 0.100. The molecule has 1 aromatic heterocycles. The maximum absolute atomic E-state index is 13.1. The van der Waals surface area contributed by atoms with E-state index in [1.54, 1.807) is 30.3 Å². The molecule has 0 bridgehead atoms. The van der Waals surface area contributed by atoms with Crippen LogP contribution in [-0.2, 0) is 13.2 Å². The normalized spacial score (nSPS) is 11.7. The highest BCUT2D eigenvalue weighted by atomic mass is 19.4. The Morgan fingerprint density at radius 1 is 1.04 bits per heavy atom. The van der Waals surface area contributed by atoms with Crippen molar-refractivity contribution in [2.45, 2.75) is 6.18 Å². The molecule has 0 aliphatic heterocycles. The lowest BCUT2D eigenvalue weighted by atomic mass is 10.1. The Morgan fingerprint density at radius 3 is 2.41 bits per heavy atom. The lowest BCUT2D eigenvalue weighted by molar-refractivity contribution is -0.141. The van der Waals surface area contributed by atoms with Gasteiger partial charge >= 0.3 is 6.18 Å². The van der Waals surface area contributed by atoms with E-state index >= 15 is 0 Å². The minimum atomic E-state index is -4.71. The number of anilines is 1. The van der Waals surface area contributed by atoms with Crippen LogP contribution < -0.4 is 5.32 Å². The smallest absolute Gasteiger partial charge is 0.321 e. The Kier molecular flexibility index (Phi) is 5.12. The van der Waals surface area contributed by atoms with E-state index in [-0.39, 0.29) is 0 Å². The van der Waals surface area contributed by atoms with Crippen LogP contribution in [0.3, 0.4) is 0 Å². The molecule has 27 heavy (non-hydrogen) atoms. The number of para-hydroxylation sites is 1. The van der Waals surface area contributed by atoms with Gasteiger partial charge in [-0.05, 0) is 17.2 Å². The molecule has 4 nitrogen and oxygen atoms in total. The number of hydrogen-bond acceptors (Lipinski definition) is 2. The quantitative estimate of drug-likeness (QED) is 0.666. The Balaban J connectivity index is 1.87. The summed E-state index contributed by atoms with van der Waals surface area (Å²) < 4.78 is 40.2. The number of amides is 1. The van der Waals surface area contributed by atoms with E-state index in [9.17, 15) is 18.0 Å². The van der Waals surface area contributed by atoms with Crippen molar-refractivity contribution in [3.8, 4) is 0 Å². The molecule has 138 valence electrons. The molecule has 0 unspecified atom stereocenters. The van der Waals surface area contributed by atoms with Gasteiger partial charge in [0, 0.05) is 18.9 Å². The highest BCUT2D eigenvalue weighted by molar-refractivity contribution is 6.06. The molecule has 1 N–H and O–H groups in total. The topological polar surface area (TPSA) is 46.9 Å². The molecular weight excluding hydrogens is 355 g/mol. The van der Waals surface area contributed by atoms with Crippen molar-refractivity contribution >= 4 is 23.7 Å². The fourth-order valence-electron chi connectivity index (χ4n) is 2.56. The van der Waals surface area contributed by atoms with Crippen LogP contribution in [0.4, 0.5) is 18.9 Å². The molecule has 0 aliphatic rings. The second kappa shape index (κ2) is 7.49. The molecule has 0 fully saturated rings. The van der Waals surface area contributed by atoms with Crippen LogP contribution in [0.2, 0.25) is 0 Å². The summed E-state index contributed by atoms with van der Waals surface area (Å²) in [6, 6.07) is 16.4. The molecule has 2 aromatic carbocycles. The van der Waals surface area contributed by atoms with Gasteiger partial charge in [0.2, 0.25) is 0 Å². The number of nitrogens with zero attached hydrogens (tertiary/aromatic N) is 2. The largest absolute Gasteiger partial charge is 0.435 e. The lowest BCUT2D eigenvalue weighted by Gasteiger charge is -2.09. The third-order valence-corrected chi connectivity index (χ3v) is 3.81. The zero-order chi connectivity index (χ0) is 19.4. The van der Waals surface area contributed by atoms with Crippen LogP contribution in [0.5, 0.6) is 0 Å². The Morgan fingerprint density at radius 2 is 1.70 bits per heavy atom. The third kappa shape index (κ3) is 4.44. The molecule has 3 aromatic rings. The van der Waals surface area contributed by atoms with E-state index in [4.69, 9.17) is 0 Å². The SMILES string of the molecule is Cn1cc(C(=O)Nc2ccccc2C=Cc2ccccc2)c(C(F)(F)F)n1. The first kappa shape index (κ1) is 18.4. The van der Waals surface area contributed by atoms with E-state index in [2.05, 4.69) is 10.4 Å². The Hall–Kier alpha value is -3.35. The molecule has 0 radical (unpaired) electrons. The van der Waals surface area contributed by atoms with E-state index in [1.165, 1.54) is 7.05 Å².